The van der Waals surface area contributed by atoms with Crippen LogP contribution in [0.25, 0.3) is 0 Å². The molecule has 16 heavy (non-hydrogen) atoms. The highest BCUT2D eigenvalue weighted by molar-refractivity contribution is 4.77. The molecule has 1 aliphatic heterocycles. The summed E-state index contributed by atoms with van der Waals surface area (Å²) in [5, 5.41) is 3.58. The van der Waals surface area contributed by atoms with Crippen molar-refractivity contribution >= 4 is 0 Å². The molecule has 0 bridgehead atoms. The Kier molecular flexibility index (Phi) is 6.32. The van der Waals surface area contributed by atoms with Crippen molar-refractivity contribution < 1.29 is 0 Å². The van der Waals surface area contributed by atoms with E-state index in [9.17, 15) is 0 Å². The van der Waals surface area contributed by atoms with Gasteiger partial charge in [-0.1, -0.05) is 13.8 Å². The van der Waals surface area contributed by atoms with Crippen LogP contribution in [0.4, 0.5) is 0 Å². The maximum atomic E-state index is 3.58. The third kappa shape index (κ3) is 5.83. The molecule has 0 spiro atoms. The van der Waals surface area contributed by atoms with Crippen molar-refractivity contribution in [1.29, 1.82) is 0 Å². The van der Waals surface area contributed by atoms with Gasteiger partial charge in [0, 0.05) is 19.6 Å². The van der Waals surface area contributed by atoms with Crippen molar-refractivity contribution in [3.63, 3.8) is 0 Å². The van der Waals surface area contributed by atoms with Crippen molar-refractivity contribution in [2.45, 2.75) is 20.3 Å². The van der Waals surface area contributed by atoms with E-state index in [1.54, 1.807) is 0 Å². The molecular formula is C13H29N3. The molecule has 3 heteroatoms. The number of likely N-dealkylation sites (tertiary alicyclic amines) is 1. The number of likely N-dealkylation sites (N-methyl/N-ethyl adjacent to an activating group) is 1. The van der Waals surface area contributed by atoms with Crippen LogP contribution >= 0.6 is 0 Å². The second-order valence-electron chi connectivity index (χ2n) is 5.81. The number of nitrogens with one attached hydrogen (secondary N) is 1. The van der Waals surface area contributed by atoms with Crippen LogP contribution in [0.5, 0.6) is 0 Å². The number of hydrogen-bond donors (Lipinski definition) is 1. The molecule has 0 saturated carbocycles. The molecule has 1 rings (SSSR count). The zero-order valence-corrected chi connectivity index (χ0v) is 11.5. The second kappa shape index (κ2) is 7.25. The Balaban J connectivity index is 2.05. The van der Waals surface area contributed by atoms with Crippen LogP contribution in [-0.4, -0.2) is 63.2 Å². The quantitative estimate of drug-likeness (QED) is 0.703. The number of rotatable bonds is 7. The first-order valence-electron chi connectivity index (χ1n) is 6.65. The van der Waals surface area contributed by atoms with Crippen molar-refractivity contribution in [1.82, 2.24) is 15.1 Å². The van der Waals surface area contributed by atoms with Crippen LogP contribution in [0.15, 0.2) is 0 Å². The highest BCUT2D eigenvalue weighted by atomic mass is 15.2. The zero-order valence-electron chi connectivity index (χ0n) is 11.5. The Morgan fingerprint density at radius 1 is 1.38 bits per heavy atom. The van der Waals surface area contributed by atoms with Gasteiger partial charge >= 0.3 is 0 Å². The Hall–Kier alpha value is -0.120. The lowest BCUT2D eigenvalue weighted by molar-refractivity contribution is 0.274. The predicted molar refractivity (Wildman–Crippen MR) is 70.8 cm³/mol. The average Bonchev–Trinajstić information content (AvgIpc) is 2.62. The second-order valence-corrected chi connectivity index (χ2v) is 5.81. The fraction of sp³-hybridized carbons (Fsp3) is 1.00. The van der Waals surface area contributed by atoms with Crippen LogP contribution in [0.3, 0.4) is 0 Å². The van der Waals surface area contributed by atoms with Gasteiger partial charge < -0.3 is 15.1 Å². The Bertz CT molecular complexity index is 180. The molecule has 1 N–H and O–H groups in total. The van der Waals surface area contributed by atoms with E-state index < -0.39 is 0 Å². The fourth-order valence-corrected chi connectivity index (χ4v) is 2.20. The van der Waals surface area contributed by atoms with Gasteiger partial charge in [-0.2, -0.15) is 0 Å². The first-order valence-corrected chi connectivity index (χ1v) is 6.65. The first kappa shape index (κ1) is 13.9. The molecule has 1 unspecified atom stereocenters. The third-order valence-corrected chi connectivity index (χ3v) is 3.22. The molecule has 1 atom stereocenters. The van der Waals surface area contributed by atoms with E-state index in [0.717, 1.165) is 18.4 Å². The smallest absolute Gasteiger partial charge is 0.0109 e. The van der Waals surface area contributed by atoms with E-state index in [1.165, 1.54) is 39.1 Å². The first-order chi connectivity index (χ1) is 7.58. The fourth-order valence-electron chi connectivity index (χ4n) is 2.20. The average molecular weight is 227 g/mol. The number of nitrogens with zero attached hydrogens (tertiary/aromatic N) is 2. The van der Waals surface area contributed by atoms with E-state index in [0.29, 0.717) is 0 Å². The largest absolute Gasteiger partial charge is 0.316 e. The minimum atomic E-state index is 0.770. The lowest BCUT2D eigenvalue weighted by Gasteiger charge is -2.19. The molecule has 1 heterocycles. The lowest BCUT2D eigenvalue weighted by atomic mass is 10.1. The van der Waals surface area contributed by atoms with Crippen LogP contribution < -0.4 is 5.32 Å². The summed E-state index contributed by atoms with van der Waals surface area (Å²) in [6.45, 7) is 11.9. The molecule has 0 aliphatic carbocycles. The molecule has 3 nitrogen and oxygen atoms in total. The summed E-state index contributed by atoms with van der Waals surface area (Å²) in [4.78, 5) is 4.87. The van der Waals surface area contributed by atoms with Gasteiger partial charge in [0.1, 0.15) is 0 Å². The summed E-state index contributed by atoms with van der Waals surface area (Å²) in [5.41, 5.74) is 0. The molecule has 1 aliphatic rings. The topological polar surface area (TPSA) is 18.5 Å². The van der Waals surface area contributed by atoms with Crippen molar-refractivity contribution in [3.05, 3.63) is 0 Å². The Morgan fingerprint density at radius 2 is 2.12 bits per heavy atom. The van der Waals surface area contributed by atoms with Crippen molar-refractivity contribution in [2.75, 3.05) is 53.4 Å². The van der Waals surface area contributed by atoms with E-state index in [4.69, 9.17) is 0 Å². The summed E-state index contributed by atoms with van der Waals surface area (Å²) < 4.78 is 0. The van der Waals surface area contributed by atoms with Gasteiger partial charge in [0.2, 0.25) is 0 Å². The minimum Gasteiger partial charge on any atom is -0.316 e. The van der Waals surface area contributed by atoms with E-state index >= 15 is 0 Å². The van der Waals surface area contributed by atoms with Gasteiger partial charge in [-0.3, -0.25) is 0 Å². The van der Waals surface area contributed by atoms with Crippen molar-refractivity contribution in [2.24, 2.45) is 11.8 Å². The Labute approximate surface area is 101 Å². The lowest BCUT2D eigenvalue weighted by Crippen LogP contribution is -2.32. The predicted octanol–water partition coefficient (Wildman–Crippen LogP) is 1.12. The SMILES string of the molecule is CC(C)CNCC1CCN(CCN(C)C)C1. The van der Waals surface area contributed by atoms with Gasteiger partial charge in [0.15, 0.2) is 0 Å². The molecular weight excluding hydrogens is 198 g/mol. The van der Waals surface area contributed by atoms with Gasteiger partial charge in [-0.15, -0.1) is 0 Å². The summed E-state index contributed by atoms with van der Waals surface area (Å²) in [6, 6.07) is 0. The van der Waals surface area contributed by atoms with E-state index in [2.05, 4.69) is 43.1 Å². The van der Waals surface area contributed by atoms with E-state index in [1.807, 2.05) is 0 Å². The molecule has 0 aromatic carbocycles. The van der Waals surface area contributed by atoms with Crippen molar-refractivity contribution in [3.8, 4) is 0 Å². The van der Waals surface area contributed by atoms with Gasteiger partial charge in [0.25, 0.3) is 0 Å². The van der Waals surface area contributed by atoms with Gasteiger partial charge in [0.05, 0.1) is 0 Å². The molecule has 1 saturated heterocycles. The van der Waals surface area contributed by atoms with Crippen LogP contribution in [-0.2, 0) is 0 Å². The zero-order chi connectivity index (χ0) is 12.0. The maximum absolute atomic E-state index is 3.58. The standard InChI is InChI=1S/C13H29N3/c1-12(2)9-14-10-13-5-6-16(11-13)8-7-15(3)4/h12-14H,5-11H2,1-4H3. The summed E-state index contributed by atoms with van der Waals surface area (Å²) in [6.07, 6.45) is 1.37. The van der Waals surface area contributed by atoms with Crippen LogP contribution in [0, 0.1) is 11.8 Å². The maximum Gasteiger partial charge on any atom is 0.0109 e. The molecule has 0 amide bonds. The molecule has 0 aromatic heterocycles. The highest BCUT2D eigenvalue weighted by Crippen LogP contribution is 2.14. The minimum absolute atomic E-state index is 0.770. The van der Waals surface area contributed by atoms with Crippen LogP contribution in [0.2, 0.25) is 0 Å². The summed E-state index contributed by atoms with van der Waals surface area (Å²) in [5.74, 6) is 1.65. The summed E-state index contributed by atoms with van der Waals surface area (Å²) >= 11 is 0. The van der Waals surface area contributed by atoms with Gasteiger partial charge in [-0.05, 0) is 52.0 Å². The van der Waals surface area contributed by atoms with Crippen LogP contribution in [0.1, 0.15) is 20.3 Å². The highest BCUT2D eigenvalue weighted by Gasteiger charge is 2.21. The van der Waals surface area contributed by atoms with Gasteiger partial charge in [-0.25, -0.2) is 0 Å². The monoisotopic (exact) mass is 227 g/mol. The van der Waals surface area contributed by atoms with E-state index in [-0.39, 0.29) is 0 Å². The molecule has 1 fully saturated rings. The molecule has 96 valence electrons. The Morgan fingerprint density at radius 3 is 2.75 bits per heavy atom. The number of hydrogen-bond acceptors (Lipinski definition) is 3. The normalized spacial score (nSPS) is 22.5. The summed E-state index contributed by atoms with van der Waals surface area (Å²) in [7, 11) is 4.30. The molecule has 0 radical (unpaired) electrons. The third-order valence-electron chi connectivity index (χ3n) is 3.22. The molecule has 0 aromatic rings.